The van der Waals surface area contributed by atoms with Crippen LogP contribution in [-0.2, 0) is 16.0 Å². The van der Waals surface area contributed by atoms with Gasteiger partial charge in [-0.15, -0.1) is 11.6 Å². The lowest BCUT2D eigenvalue weighted by molar-refractivity contribution is -0.118. The first-order valence-electron chi connectivity index (χ1n) is 13.4. The molecule has 0 spiro atoms. The molecule has 1 atom stereocenters. The number of aromatic nitrogens is 2. The standard InChI is InChI=1S/C30H34ClFN4O3/c1-20-18-36(19-33-20)27-8-5-21(15-29(27)38-2)14-23(4-3-9-31)30(37)34-26-7-6-22-16-28(25(32)17-24(22)26)35-10-12-39-13-11-35/h5,8,14-19,26H,3-4,6-7,9-13H2,1-2H3,(H,34,37)/b23-14+. The van der Waals surface area contributed by atoms with Gasteiger partial charge in [0.25, 0.3) is 0 Å². The Hall–Kier alpha value is -3.36. The topological polar surface area (TPSA) is 68.6 Å². The number of halogens is 2. The number of methoxy groups -OCH3 is 1. The second-order valence-corrected chi connectivity index (χ2v) is 10.4. The Labute approximate surface area is 233 Å². The van der Waals surface area contributed by atoms with Gasteiger partial charge in [-0.2, -0.15) is 0 Å². The zero-order chi connectivity index (χ0) is 27.4. The zero-order valence-electron chi connectivity index (χ0n) is 22.4. The number of aryl methyl sites for hydroxylation is 2. The Balaban J connectivity index is 1.36. The fourth-order valence-electron chi connectivity index (χ4n) is 5.32. The number of benzene rings is 2. The number of fused-ring (bicyclic) bond motifs is 1. The summed E-state index contributed by atoms with van der Waals surface area (Å²) >= 11 is 5.98. The van der Waals surface area contributed by atoms with E-state index < -0.39 is 0 Å². The maximum Gasteiger partial charge on any atom is 0.247 e. The predicted molar refractivity (Wildman–Crippen MR) is 151 cm³/mol. The molecule has 1 saturated heterocycles. The van der Waals surface area contributed by atoms with Crippen LogP contribution < -0.4 is 15.0 Å². The predicted octanol–water partition coefficient (Wildman–Crippen LogP) is 5.37. The average molecular weight is 553 g/mol. The van der Waals surface area contributed by atoms with E-state index in [0.29, 0.717) is 62.0 Å². The van der Waals surface area contributed by atoms with Crippen molar-refractivity contribution >= 4 is 29.3 Å². The van der Waals surface area contributed by atoms with Crippen molar-refractivity contribution < 1.29 is 18.7 Å². The largest absolute Gasteiger partial charge is 0.495 e. The summed E-state index contributed by atoms with van der Waals surface area (Å²) in [5.41, 5.74) is 5.81. The van der Waals surface area contributed by atoms with Gasteiger partial charge in [0.1, 0.15) is 11.6 Å². The normalized spacial score (nSPS) is 17.3. The summed E-state index contributed by atoms with van der Waals surface area (Å²) in [7, 11) is 1.62. The fourth-order valence-corrected chi connectivity index (χ4v) is 5.46. The molecule has 1 amide bonds. The van der Waals surface area contributed by atoms with Gasteiger partial charge in [-0.1, -0.05) is 6.07 Å². The van der Waals surface area contributed by atoms with Crippen LogP contribution in [0.1, 0.15) is 47.7 Å². The highest BCUT2D eigenvalue weighted by molar-refractivity contribution is 6.17. The van der Waals surface area contributed by atoms with E-state index >= 15 is 4.39 Å². The smallest absolute Gasteiger partial charge is 0.247 e. The first-order valence-corrected chi connectivity index (χ1v) is 13.9. The second kappa shape index (κ2) is 12.2. The Morgan fingerprint density at radius 1 is 1.26 bits per heavy atom. The molecular formula is C30H34ClFN4O3. The molecule has 7 nitrogen and oxygen atoms in total. The number of hydrogen-bond acceptors (Lipinski definition) is 5. The van der Waals surface area contributed by atoms with E-state index in [-0.39, 0.29) is 17.8 Å². The van der Waals surface area contributed by atoms with E-state index in [2.05, 4.69) is 10.3 Å². The van der Waals surface area contributed by atoms with E-state index in [1.165, 1.54) is 0 Å². The highest BCUT2D eigenvalue weighted by Crippen LogP contribution is 2.36. The van der Waals surface area contributed by atoms with E-state index in [9.17, 15) is 4.79 Å². The molecule has 9 heteroatoms. The van der Waals surface area contributed by atoms with E-state index in [1.807, 2.05) is 52.9 Å². The van der Waals surface area contributed by atoms with Crippen LogP contribution in [0.2, 0.25) is 0 Å². The molecule has 1 aromatic heterocycles. The molecule has 3 aromatic rings. The molecule has 2 aliphatic rings. The van der Waals surface area contributed by atoms with Crippen LogP contribution in [0.4, 0.5) is 10.1 Å². The molecule has 0 saturated carbocycles. The third-order valence-corrected chi connectivity index (χ3v) is 7.62. The number of hydrogen-bond donors (Lipinski definition) is 1. The van der Waals surface area contributed by atoms with Gasteiger partial charge in [-0.3, -0.25) is 4.79 Å². The second-order valence-electron chi connectivity index (χ2n) is 9.98. The third kappa shape index (κ3) is 6.12. The number of anilines is 1. The number of imidazole rings is 1. The third-order valence-electron chi connectivity index (χ3n) is 7.35. The molecule has 206 valence electrons. The summed E-state index contributed by atoms with van der Waals surface area (Å²) in [4.78, 5) is 19.8. The maximum absolute atomic E-state index is 15.1. The first kappa shape index (κ1) is 27.2. The van der Waals surface area contributed by atoms with Crippen LogP contribution in [0.5, 0.6) is 5.75 Å². The monoisotopic (exact) mass is 552 g/mol. The van der Waals surface area contributed by atoms with Crippen LogP contribution in [0.25, 0.3) is 11.8 Å². The van der Waals surface area contributed by atoms with Crippen LogP contribution in [0, 0.1) is 12.7 Å². The van der Waals surface area contributed by atoms with Crippen molar-refractivity contribution in [1.29, 1.82) is 0 Å². The molecule has 1 N–H and O–H groups in total. The van der Waals surface area contributed by atoms with Crippen molar-refractivity contribution in [1.82, 2.24) is 14.9 Å². The lowest BCUT2D eigenvalue weighted by Crippen LogP contribution is -2.36. The Morgan fingerprint density at radius 3 is 2.79 bits per heavy atom. The number of rotatable bonds is 9. The molecular weight excluding hydrogens is 519 g/mol. The quantitative estimate of drug-likeness (QED) is 0.285. The van der Waals surface area contributed by atoms with Crippen molar-refractivity contribution in [3.63, 3.8) is 0 Å². The highest BCUT2D eigenvalue weighted by Gasteiger charge is 2.28. The number of amides is 1. The Morgan fingerprint density at radius 2 is 2.08 bits per heavy atom. The van der Waals surface area contributed by atoms with E-state index in [4.69, 9.17) is 21.1 Å². The molecule has 2 aromatic carbocycles. The molecule has 1 unspecified atom stereocenters. The van der Waals surface area contributed by atoms with Gasteiger partial charge in [-0.05, 0) is 79.6 Å². The van der Waals surface area contributed by atoms with Gasteiger partial charge in [-0.25, -0.2) is 9.37 Å². The summed E-state index contributed by atoms with van der Waals surface area (Å²) in [6.07, 6.45) is 8.29. The first-order chi connectivity index (χ1) is 19.0. The zero-order valence-corrected chi connectivity index (χ0v) is 23.1. The van der Waals surface area contributed by atoms with Crippen LogP contribution in [-0.4, -0.2) is 54.8 Å². The minimum absolute atomic E-state index is 0.163. The van der Waals surface area contributed by atoms with Crippen molar-refractivity contribution in [2.24, 2.45) is 0 Å². The minimum atomic E-state index is -0.255. The highest BCUT2D eigenvalue weighted by atomic mass is 35.5. The fraction of sp³-hybridized carbons (Fsp3) is 0.400. The lowest BCUT2D eigenvalue weighted by atomic mass is 10.0. The summed E-state index contributed by atoms with van der Waals surface area (Å²) in [5.74, 6) is 0.711. The molecule has 0 radical (unpaired) electrons. The van der Waals surface area contributed by atoms with Crippen molar-refractivity contribution in [2.45, 2.75) is 38.6 Å². The number of morpholine rings is 1. The molecule has 1 fully saturated rings. The van der Waals surface area contributed by atoms with Gasteiger partial charge in [0.2, 0.25) is 5.91 Å². The molecule has 5 rings (SSSR count). The number of nitrogens with one attached hydrogen (secondary N) is 1. The van der Waals surface area contributed by atoms with Crippen LogP contribution in [0.15, 0.2) is 48.4 Å². The van der Waals surface area contributed by atoms with Gasteiger partial charge < -0.3 is 24.3 Å². The molecule has 1 aliphatic carbocycles. The number of ether oxygens (including phenoxy) is 2. The number of nitrogens with zero attached hydrogens (tertiary/aromatic N) is 3. The molecule has 0 bridgehead atoms. The minimum Gasteiger partial charge on any atom is -0.495 e. The van der Waals surface area contributed by atoms with Gasteiger partial charge >= 0.3 is 0 Å². The van der Waals surface area contributed by atoms with E-state index in [0.717, 1.165) is 40.9 Å². The SMILES string of the molecule is COc1cc(/C=C(\CCCCl)C(=O)NC2CCc3cc(N4CCOCC4)c(F)cc32)ccc1-n1cnc(C)c1. The summed E-state index contributed by atoms with van der Waals surface area (Å²) in [6, 6.07) is 9.12. The summed E-state index contributed by atoms with van der Waals surface area (Å²) < 4.78 is 28.1. The maximum atomic E-state index is 15.1. The Kier molecular flexibility index (Phi) is 8.53. The lowest BCUT2D eigenvalue weighted by Gasteiger charge is -2.29. The molecule has 39 heavy (non-hydrogen) atoms. The summed E-state index contributed by atoms with van der Waals surface area (Å²) in [5, 5.41) is 3.16. The van der Waals surface area contributed by atoms with Gasteiger partial charge in [0.05, 0.1) is 49.8 Å². The van der Waals surface area contributed by atoms with Gasteiger partial charge in [0.15, 0.2) is 0 Å². The van der Waals surface area contributed by atoms with E-state index in [1.54, 1.807) is 19.5 Å². The number of carbonyl (C=O) groups excluding carboxylic acids is 1. The molecule has 2 heterocycles. The average Bonchev–Trinajstić information content (AvgIpc) is 3.56. The van der Waals surface area contributed by atoms with Crippen molar-refractivity contribution in [3.8, 4) is 11.4 Å². The van der Waals surface area contributed by atoms with Crippen molar-refractivity contribution in [3.05, 3.63) is 76.6 Å². The van der Waals surface area contributed by atoms with Gasteiger partial charge in [0, 0.05) is 30.7 Å². The van der Waals surface area contributed by atoms with Crippen LogP contribution >= 0.6 is 11.6 Å². The van der Waals surface area contributed by atoms with Crippen LogP contribution in [0.3, 0.4) is 0 Å². The number of alkyl halides is 1. The number of carbonyl (C=O) groups is 1. The Bertz CT molecular complexity index is 1370. The molecule has 1 aliphatic heterocycles. The van der Waals surface area contributed by atoms with Crippen molar-refractivity contribution in [2.75, 3.05) is 44.2 Å². The summed E-state index contributed by atoms with van der Waals surface area (Å²) in [6.45, 7) is 4.49.